The number of phenolic OH excluding ortho intramolecular Hbond substituents is 1. The fraction of sp³-hybridized carbons (Fsp3) is 0.462. The van der Waals surface area contributed by atoms with Gasteiger partial charge in [-0.15, -0.1) is 0 Å². The van der Waals surface area contributed by atoms with Crippen LogP contribution in [-0.2, 0) is 16.5 Å². The van der Waals surface area contributed by atoms with Crippen molar-refractivity contribution in [1.29, 1.82) is 0 Å². The van der Waals surface area contributed by atoms with Crippen LogP contribution in [0.2, 0.25) is 5.02 Å². The minimum Gasteiger partial charge on any atom is -0.506 e. The average Bonchev–Trinajstić information content (AvgIpc) is 2.81. The third-order valence-electron chi connectivity index (χ3n) is 3.58. The molecule has 20 heavy (non-hydrogen) atoms. The molecule has 1 fully saturated rings. The molecule has 7 heteroatoms. The van der Waals surface area contributed by atoms with Crippen LogP contribution in [0.4, 0.5) is 13.2 Å². The lowest BCUT2D eigenvalue weighted by atomic mass is 9.87. The van der Waals surface area contributed by atoms with Gasteiger partial charge in [-0.25, -0.2) is 4.79 Å². The minimum atomic E-state index is -4.59. The Morgan fingerprint density at radius 3 is 2.40 bits per heavy atom. The summed E-state index contributed by atoms with van der Waals surface area (Å²) >= 11 is 5.68. The number of hydrogen-bond acceptors (Lipinski definition) is 3. The molecule has 1 aliphatic rings. The van der Waals surface area contributed by atoms with Gasteiger partial charge in [0.25, 0.3) is 0 Å². The summed E-state index contributed by atoms with van der Waals surface area (Å²) in [5, 5.41) is 9.55. The molecule has 1 aliphatic carbocycles. The second kappa shape index (κ2) is 5.11. The van der Waals surface area contributed by atoms with Gasteiger partial charge in [-0.05, 0) is 25.0 Å². The van der Waals surface area contributed by atoms with E-state index in [-0.39, 0.29) is 5.56 Å². The normalized spacial score (nSPS) is 17.8. The lowest BCUT2D eigenvalue weighted by Gasteiger charge is -2.25. The summed E-state index contributed by atoms with van der Waals surface area (Å²) < 4.78 is 38.5. The average molecular weight is 306 g/mol. The van der Waals surface area contributed by atoms with Crippen LogP contribution >= 0.6 is 11.6 Å². The molecule has 0 bridgehead atoms. The van der Waals surface area contributed by atoms with E-state index >= 15 is 0 Å². The van der Waals surface area contributed by atoms with E-state index in [9.17, 15) is 23.1 Å². The molecule has 0 radical (unpaired) electrons. The highest BCUT2D eigenvalue weighted by Crippen LogP contribution is 2.49. The number of rotatable bonds is 2. The number of isocyanates is 1. The molecule has 1 N–H and O–H groups in total. The Hall–Kier alpha value is -1.52. The molecule has 1 aromatic carbocycles. The quantitative estimate of drug-likeness (QED) is 0.658. The molecule has 0 aliphatic heterocycles. The third kappa shape index (κ3) is 2.53. The van der Waals surface area contributed by atoms with Crippen molar-refractivity contribution in [2.24, 2.45) is 4.99 Å². The molecule has 0 amide bonds. The Labute approximate surface area is 118 Å². The fourth-order valence-corrected chi connectivity index (χ4v) is 2.83. The summed E-state index contributed by atoms with van der Waals surface area (Å²) in [5.41, 5.74) is -2.18. The molecule has 0 unspecified atom stereocenters. The Morgan fingerprint density at radius 1 is 1.30 bits per heavy atom. The highest BCUT2D eigenvalue weighted by Gasteiger charge is 2.41. The lowest BCUT2D eigenvalue weighted by Crippen LogP contribution is -2.20. The fourth-order valence-electron chi connectivity index (χ4n) is 2.61. The van der Waals surface area contributed by atoms with Gasteiger partial charge in [0.05, 0.1) is 10.6 Å². The Kier molecular flexibility index (Phi) is 3.80. The number of phenols is 1. The molecule has 108 valence electrons. The largest absolute Gasteiger partial charge is 0.506 e. The van der Waals surface area contributed by atoms with Crippen molar-refractivity contribution in [3.63, 3.8) is 0 Å². The van der Waals surface area contributed by atoms with Crippen LogP contribution in [0.15, 0.2) is 17.1 Å². The molecular formula is C13H11ClF3NO2. The zero-order chi connectivity index (χ0) is 15.0. The number of aliphatic imine (C=N–C) groups is 1. The number of carbonyl (C=O) groups excluding carboxylic acids is 1. The standard InChI is InChI=1S/C13H11ClF3NO2/c14-10-6-8(13(15,16)17)5-9(11(10)20)12(18-7-19)3-1-2-4-12/h5-6,20H,1-4H2. The molecule has 2 rings (SSSR count). The SMILES string of the molecule is O=C=NC1(c2cc(C(F)(F)F)cc(Cl)c2O)CCCC1. The van der Waals surface area contributed by atoms with Gasteiger partial charge < -0.3 is 5.11 Å². The monoisotopic (exact) mass is 305 g/mol. The summed E-state index contributed by atoms with van der Waals surface area (Å²) in [6, 6.07) is 1.47. The second-order valence-electron chi connectivity index (χ2n) is 4.79. The maximum Gasteiger partial charge on any atom is 0.416 e. The number of nitrogens with zero attached hydrogens (tertiary/aromatic N) is 1. The van der Waals surface area contributed by atoms with Crippen LogP contribution in [0, 0.1) is 0 Å². The zero-order valence-electron chi connectivity index (χ0n) is 10.3. The van der Waals surface area contributed by atoms with E-state index in [0.717, 1.165) is 6.07 Å². The van der Waals surface area contributed by atoms with Crippen molar-refractivity contribution in [2.45, 2.75) is 37.4 Å². The van der Waals surface area contributed by atoms with E-state index in [0.29, 0.717) is 31.7 Å². The zero-order valence-corrected chi connectivity index (χ0v) is 11.1. The van der Waals surface area contributed by atoms with Crippen molar-refractivity contribution in [3.05, 3.63) is 28.3 Å². The summed E-state index contributed by atoms with van der Waals surface area (Å²) in [5.74, 6) is -0.458. The summed E-state index contributed by atoms with van der Waals surface area (Å²) in [6.45, 7) is 0. The molecule has 3 nitrogen and oxygen atoms in total. The van der Waals surface area contributed by atoms with Crippen molar-refractivity contribution in [3.8, 4) is 5.75 Å². The van der Waals surface area contributed by atoms with Crippen molar-refractivity contribution < 1.29 is 23.1 Å². The Bertz CT molecular complexity index is 574. The van der Waals surface area contributed by atoms with Crippen LogP contribution in [0.1, 0.15) is 36.8 Å². The number of aromatic hydroxyl groups is 1. The predicted molar refractivity (Wildman–Crippen MR) is 66.4 cm³/mol. The van der Waals surface area contributed by atoms with E-state index in [4.69, 9.17) is 11.6 Å². The van der Waals surface area contributed by atoms with Crippen LogP contribution in [-0.4, -0.2) is 11.2 Å². The molecule has 0 atom stereocenters. The highest BCUT2D eigenvalue weighted by atomic mass is 35.5. The number of alkyl halides is 3. The topological polar surface area (TPSA) is 49.7 Å². The molecule has 0 saturated heterocycles. The van der Waals surface area contributed by atoms with Crippen LogP contribution in [0.25, 0.3) is 0 Å². The number of halogens is 4. The second-order valence-corrected chi connectivity index (χ2v) is 5.20. The van der Waals surface area contributed by atoms with Gasteiger partial charge in [-0.1, -0.05) is 24.4 Å². The predicted octanol–water partition coefficient (Wildman–Crippen LogP) is 4.17. The molecule has 0 heterocycles. The van der Waals surface area contributed by atoms with E-state index in [1.807, 2.05) is 0 Å². The third-order valence-corrected chi connectivity index (χ3v) is 3.87. The lowest BCUT2D eigenvalue weighted by molar-refractivity contribution is -0.137. The van der Waals surface area contributed by atoms with Crippen LogP contribution < -0.4 is 0 Å². The Morgan fingerprint density at radius 2 is 1.90 bits per heavy atom. The maximum atomic E-state index is 12.8. The highest BCUT2D eigenvalue weighted by molar-refractivity contribution is 6.32. The number of benzene rings is 1. The van der Waals surface area contributed by atoms with Crippen LogP contribution in [0.3, 0.4) is 0 Å². The molecule has 0 aromatic heterocycles. The summed E-state index contributed by atoms with van der Waals surface area (Å²) in [6.07, 6.45) is -1.01. The summed E-state index contributed by atoms with van der Waals surface area (Å²) in [7, 11) is 0. The first-order valence-electron chi connectivity index (χ1n) is 5.99. The Balaban J connectivity index is 2.66. The first-order chi connectivity index (χ1) is 9.30. The first-order valence-corrected chi connectivity index (χ1v) is 6.37. The number of hydrogen-bond donors (Lipinski definition) is 1. The molecular weight excluding hydrogens is 295 g/mol. The van der Waals surface area contributed by atoms with Crippen molar-refractivity contribution >= 4 is 17.7 Å². The summed E-state index contributed by atoms with van der Waals surface area (Å²) in [4.78, 5) is 14.2. The molecule has 0 spiro atoms. The van der Waals surface area contributed by atoms with Gasteiger partial charge in [0.1, 0.15) is 11.3 Å². The van der Waals surface area contributed by atoms with E-state index in [1.165, 1.54) is 6.08 Å². The first kappa shape index (κ1) is 14.9. The molecule has 1 saturated carbocycles. The van der Waals surface area contributed by atoms with E-state index in [2.05, 4.69) is 4.99 Å². The van der Waals surface area contributed by atoms with E-state index < -0.39 is 28.1 Å². The molecule has 1 aromatic rings. The van der Waals surface area contributed by atoms with Gasteiger partial charge in [-0.2, -0.15) is 18.2 Å². The van der Waals surface area contributed by atoms with Gasteiger partial charge in [-0.3, -0.25) is 0 Å². The van der Waals surface area contributed by atoms with Gasteiger partial charge in [0.2, 0.25) is 6.08 Å². The maximum absolute atomic E-state index is 12.8. The van der Waals surface area contributed by atoms with Gasteiger partial charge >= 0.3 is 6.18 Å². The smallest absolute Gasteiger partial charge is 0.416 e. The minimum absolute atomic E-state index is 0.0572. The van der Waals surface area contributed by atoms with Crippen LogP contribution in [0.5, 0.6) is 5.75 Å². The van der Waals surface area contributed by atoms with Gasteiger partial charge in [0.15, 0.2) is 0 Å². The van der Waals surface area contributed by atoms with Crippen molar-refractivity contribution in [1.82, 2.24) is 0 Å². The van der Waals surface area contributed by atoms with Gasteiger partial charge in [0, 0.05) is 5.56 Å². The van der Waals surface area contributed by atoms with Crippen molar-refractivity contribution in [2.75, 3.05) is 0 Å². The van der Waals surface area contributed by atoms with E-state index in [1.54, 1.807) is 0 Å².